The van der Waals surface area contributed by atoms with Crippen molar-refractivity contribution in [3.05, 3.63) is 52.4 Å². The number of aromatic nitrogens is 1. The van der Waals surface area contributed by atoms with Crippen LogP contribution in [0.2, 0.25) is 5.15 Å². The van der Waals surface area contributed by atoms with Crippen LogP contribution in [-0.2, 0) is 0 Å². The van der Waals surface area contributed by atoms with Crippen molar-refractivity contribution in [2.45, 2.75) is 6.92 Å². The van der Waals surface area contributed by atoms with E-state index in [9.17, 15) is 9.18 Å². The van der Waals surface area contributed by atoms with Crippen molar-refractivity contribution >= 4 is 29.1 Å². The van der Waals surface area contributed by atoms with Crippen molar-refractivity contribution in [1.29, 1.82) is 0 Å². The molecule has 0 radical (unpaired) electrons. The minimum absolute atomic E-state index is 0.0342. The summed E-state index contributed by atoms with van der Waals surface area (Å²) in [4.78, 5) is 15.0. The van der Waals surface area contributed by atoms with Gasteiger partial charge in [0.15, 0.2) is 0 Å². The molecule has 0 fully saturated rings. The molecule has 19 heavy (non-hydrogen) atoms. The third kappa shape index (κ3) is 2.82. The first-order valence-electron chi connectivity index (χ1n) is 5.41. The lowest BCUT2D eigenvalue weighted by atomic mass is 10.2. The summed E-state index contributed by atoms with van der Waals surface area (Å²) in [6, 6.07) is 7.20. The monoisotopic (exact) mass is 280 g/mol. The number of anilines is 2. The second-order valence-corrected chi connectivity index (χ2v) is 4.26. The molecule has 6 heteroatoms. The summed E-state index contributed by atoms with van der Waals surface area (Å²) in [6.45, 7) is 1.59. The summed E-state index contributed by atoms with van der Waals surface area (Å²) in [6.07, 6.45) is 0. The van der Waals surface area contributed by atoms with Gasteiger partial charge in [0.2, 0.25) is 0 Å². The molecular formula is C13H10ClFN2O2. The van der Waals surface area contributed by atoms with Gasteiger partial charge in [0.05, 0.1) is 0 Å². The number of rotatable bonds is 3. The van der Waals surface area contributed by atoms with E-state index in [2.05, 4.69) is 10.3 Å². The van der Waals surface area contributed by atoms with Crippen molar-refractivity contribution in [3.63, 3.8) is 0 Å². The summed E-state index contributed by atoms with van der Waals surface area (Å²) >= 11 is 5.74. The van der Waals surface area contributed by atoms with Gasteiger partial charge in [-0.15, -0.1) is 0 Å². The number of halogens is 2. The maximum absolute atomic E-state index is 13.4. The normalized spacial score (nSPS) is 10.3. The molecule has 0 spiro atoms. The topological polar surface area (TPSA) is 62.2 Å². The Labute approximate surface area is 113 Å². The zero-order valence-corrected chi connectivity index (χ0v) is 10.7. The predicted octanol–water partition coefficient (Wildman–Crippen LogP) is 3.62. The average molecular weight is 281 g/mol. The maximum atomic E-state index is 13.4. The van der Waals surface area contributed by atoms with E-state index in [1.807, 2.05) is 0 Å². The number of hydrogen-bond acceptors (Lipinski definition) is 3. The van der Waals surface area contributed by atoms with Crippen LogP contribution in [0.1, 0.15) is 15.9 Å². The Morgan fingerprint density at radius 2 is 2.11 bits per heavy atom. The molecule has 0 bridgehead atoms. The summed E-state index contributed by atoms with van der Waals surface area (Å²) in [7, 11) is 0. The van der Waals surface area contributed by atoms with Gasteiger partial charge in [0.1, 0.15) is 22.4 Å². The van der Waals surface area contributed by atoms with Gasteiger partial charge in [-0.2, -0.15) is 0 Å². The molecule has 2 aromatic rings. The molecule has 1 heterocycles. The second-order valence-electron chi connectivity index (χ2n) is 3.87. The van der Waals surface area contributed by atoms with Crippen molar-refractivity contribution in [2.24, 2.45) is 0 Å². The number of benzene rings is 1. The van der Waals surface area contributed by atoms with E-state index < -0.39 is 5.97 Å². The van der Waals surface area contributed by atoms with Gasteiger partial charge in [-0.05, 0) is 31.2 Å². The number of carboxylic acids is 1. The second kappa shape index (κ2) is 5.24. The van der Waals surface area contributed by atoms with E-state index >= 15 is 0 Å². The van der Waals surface area contributed by atoms with Crippen LogP contribution < -0.4 is 5.32 Å². The van der Waals surface area contributed by atoms with E-state index in [1.54, 1.807) is 13.0 Å². The predicted molar refractivity (Wildman–Crippen MR) is 70.6 cm³/mol. The highest BCUT2D eigenvalue weighted by Crippen LogP contribution is 2.24. The SMILES string of the molecule is Cc1c(F)cccc1Nc1nc(Cl)ccc1C(=O)O. The van der Waals surface area contributed by atoms with E-state index in [0.717, 1.165) is 0 Å². The van der Waals surface area contributed by atoms with Gasteiger partial charge >= 0.3 is 5.97 Å². The van der Waals surface area contributed by atoms with Crippen molar-refractivity contribution in [3.8, 4) is 0 Å². The van der Waals surface area contributed by atoms with Crippen LogP contribution in [0.3, 0.4) is 0 Å². The summed E-state index contributed by atoms with van der Waals surface area (Å²) in [5, 5.41) is 12.0. The van der Waals surface area contributed by atoms with Crippen LogP contribution >= 0.6 is 11.6 Å². The Bertz CT molecular complexity index is 647. The zero-order chi connectivity index (χ0) is 14.0. The number of nitrogens with zero attached hydrogens (tertiary/aromatic N) is 1. The maximum Gasteiger partial charge on any atom is 0.339 e. The van der Waals surface area contributed by atoms with Crippen molar-refractivity contribution in [1.82, 2.24) is 4.98 Å². The summed E-state index contributed by atoms with van der Waals surface area (Å²) in [5.74, 6) is -1.45. The van der Waals surface area contributed by atoms with Crippen LogP contribution in [-0.4, -0.2) is 16.1 Å². The quantitative estimate of drug-likeness (QED) is 0.843. The fraction of sp³-hybridized carbons (Fsp3) is 0.0769. The van der Waals surface area contributed by atoms with Gasteiger partial charge in [0, 0.05) is 11.3 Å². The Hall–Kier alpha value is -2.14. The smallest absolute Gasteiger partial charge is 0.339 e. The first kappa shape index (κ1) is 13.3. The van der Waals surface area contributed by atoms with Crippen molar-refractivity contribution < 1.29 is 14.3 Å². The fourth-order valence-corrected chi connectivity index (χ4v) is 1.72. The van der Waals surface area contributed by atoms with Gasteiger partial charge in [-0.25, -0.2) is 14.2 Å². The number of carboxylic acid groups (broad SMARTS) is 1. The van der Waals surface area contributed by atoms with Gasteiger partial charge in [-0.3, -0.25) is 0 Å². The van der Waals surface area contributed by atoms with Crippen LogP contribution in [0, 0.1) is 12.7 Å². The van der Waals surface area contributed by atoms with E-state index in [-0.39, 0.29) is 22.4 Å². The fourth-order valence-electron chi connectivity index (χ4n) is 1.57. The lowest BCUT2D eigenvalue weighted by molar-refractivity contribution is 0.0697. The largest absolute Gasteiger partial charge is 0.478 e. The molecule has 4 nitrogen and oxygen atoms in total. The van der Waals surface area contributed by atoms with Gasteiger partial charge in [-0.1, -0.05) is 17.7 Å². The number of aromatic carboxylic acids is 1. The molecule has 0 aliphatic carbocycles. The summed E-state index contributed by atoms with van der Waals surface area (Å²) < 4.78 is 13.4. The Balaban J connectivity index is 2.45. The highest BCUT2D eigenvalue weighted by molar-refractivity contribution is 6.29. The molecule has 2 N–H and O–H groups in total. The Kier molecular flexibility index (Phi) is 3.66. The van der Waals surface area contributed by atoms with E-state index in [1.165, 1.54) is 24.3 Å². The molecule has 0 atom stereocenters. The number of pyridine rings is 1. The Morgan fingerprint density at radius 3 is 2.79 bits per heavy atom. The lowest BCUT2D eigenvalue weighted by Crippen LogP contribution is -2.06. The number of hydrogen-bond donors (Lipinski definition) is 2. The molecule has 98 valence electrons. The molecular weight excluding hydrogens is 271 g/mol. The molecule has 0 unspecified atom stereocenters. The molecule has 2 rings (SSSR count). The molecule has 0 saturated carbocycles. The van der Waals surface area contributed by atoms with Gasteiger partial charge in [0.25, 0.3) is 0 Å². The average Bonchev–Trinajstić information content (AvgIpc) is 2.35. The Morgan fingerprint density at radius 1 is 1.37 bits per heavy atom. The van der Waals surface area contributed by atoms with Crippen molar-refractivity contribution in [2.75, 3.05) is 5.32 Å². The van der Waals surface area contributed by atoms with Crippen LogP contribution in [0.4, 0.5) is 15.9 Å². The standard InChI is InChI=1S/C13H10ClFN2O2/c1-7-9(15)3-2-4-10(7)16-12-8(13(18)19)5-6-11(14)17-12/h2-6H,1H3,(H,16,17)(H,18,19). The highest BCUT2D eigenvalue weighted by atomic mass is 35.5. The number of nitrogens with one attached hydrogen (secondary N) is 1. The molecule has 0 aliphatic rings. The molecule has 0 aliphatic heterocycles. The number of carbonyl (C=O) groups is 1. The van der Waals surface area contributed by atoms with Crippen LogP contribution in [0.15, 0.2) is 30.3 Å². The first-order valence-corrected chi connectivity index (χ1v) is 5.79. The molecule has 0 amide bonds. The van der Waals surface area contributed by atoms with Crippen LogP contribution in [0.25, 0.3) is 0 Å². The zero-order valence-electron chi connectivity index (χ0n) is 9.95. The third-order valence-corrected chi connectivity index (χ3v) is 2.82. The third-order valence-electron chi connectivity index (χ3n) is 2.61. The summed E-state index contributed by atoms with van der Waals surface area (Å²) in [5.41, 5.74) is 0.783. The van der Waals surface area contributed by atoms with Gasteiger partial charge < -0.3 is 10.4 Å². The molecule has 1 aromatic carbocycles. The minimum Gasteiger partial charge on any atom is -0.478 e. The van der Waals surface area contributed by atoms with E-state index in [4.69, 9.17) is 16.7 Å². The molecule has 1 aromatic heterocycles. The lowest BCUT2D eigenvalue weighted by Gasteiger charge is -2.11. The molecule has 0 saturated heterocycles. The highest BCUT2D eigenvalue weighted by Gasteiger charge is 2.13. The van der Waals surface area contributed by atoms with Crippen LogP contribution in [0.5, 0.6) is 0 Å². The first-order chi connectivity index (χ1) is 8.99. The minimum atomic E-state index is -1.14. The van der Waals surface area contributed by atoms with E-state index in [0.29, 0.717) is 11.3 Å².